The number of hydrogen-bond acceptors (Lipinski definition) is 6. The third kappa shape index (κ3) is 2.13. The van der Waals surface area contributed by atoms with Crippen molar-refractivity contribution in [2.45, 2.75) is 0 Å². The highest BCUT2D eigenvalue weighted by Gasteiger charge is 2.24. The normalized spacial score (nSPS) is 10.1. The van der Waals surface area contributed by atoms with Gasteiger partial charge in [-0.2, -0.15) is 0 Å². The average molecular weight is 228 g/mol. The van der Waals surface area contributed by atoms with Gasteiger partial charge in [-0.15, -0.1) is 0 Å². The molecule has 7 heteroatoms. The minimum atomic E-state index is -0.884. The van der Waals surface area contributed by atoms with E-state index >= 15 is 0 Å². The molecule has 0 radical (unpaired) electrons. The molecule has 1 aromatic carbocycles. The molecule has 1 amide bonds. The second-order valence-electron chi connectivity index (χ2n) is 3.13. The van der Waals surface area contributed by atoms with Gasteiger partial charge in [0.15, 0.2) is 5.75 Å². The van der Waals surface area contributed by atoms with E-state index in [0.717, 1.165) is 0 Å². The van der Waals surface area contributed by atoms with Gasteiger partial charge < -0.3 is 20.1 Å². The highest BCUT2D eigenvalue weighted by atomic mass is 16.5. The van der Waals surface area contributed by atoms with Gasteiger partial charge in [0, 0.05) is 7.05 Å². The van der Waals surface area contributed by atoms with Gasteiger partial charge in [0.05, 0.1) is 13.7 Å². The summed E-state index contributed by atoms with van der Waals surface area (Å²) in [6, 6.07) is 0. The molecule has 0 fully saturated rings. The van der Waals surface area contributed by atoms with Crippen molar-refractivity contribution in [2.24, 2.45) is 5.73 Å². The van der Waals surface area contributed by atoms with E-state index in [-0.39, 0.29) is 24.6 Å². The SMILES string of the molecule is COc1c(N(C)CCOC(N)=O)c(=O)c1=O. The minimum absolute atomic E-state index is 0.0339. The van der Waals surface area contributed by atoms with Gasteiger partial charge in [0.25, 0.3) is 10.9 Å². The number of anilines is 1. The van der Waals surface area contributed by atoms with Crippen LogP contribution in [-0.4, -0.2) is 33.4 Å². The van der Waals surface area contributed by atoms with E-state index < -0.39 is 17.0 Å². The van der Waals surface area contributed by atoms with E-state index in [0.29, 0.717) is 0 Å². The van der Waals surface area contributed by atoms with Crippen molar-refractivity contribution in [3.63, 3.8) is 0 Å². The summed E-state index contributed by atoms with van der Waals surface area (Å²) in [5, 5.41) is 0. The molecule has 0 aliphatic carbocycles. The number of primary amides is 1. The largest absolute Gasteiger partial charge is 0.491 e. The summed E-state index contributed by atoms with van der Waals surface area (Å²) < 4.78 is 9.26. The molecule has 0 spiro atoms. The zero-order valence-electron chi connectivity index (χ0n) is 8.98. The van der Waals surface area contributed by atoms with Crippen LogP contribution in [0, 0.1) is 0 Å². The summed E-state index contributed by atoms with van der Waals surface area (Å²) in [6.07, 6.45) is -0.884. The second-order valence-corrected chi connectivity index (χ2v) is 3.13. The molecule has 0 aliphatic rings. The van der Waals surface area contributed by atoms with Gasteiger partial charge in [-0.05, 0) is 0 Å². The minimum Gasteiger partial charge on any atom is -0.491 e. The Bertz CT molecular complexity index is 460. The number of nitrogens with zero attached hydrogens (tertiary/aromatic N) is 1. The number of amides is 1. The Hall–Kier alpha value is -2.05. The molecule has 2 N–H and O–H groups in total. The van der Waals surface area contributed by atoms with Crippen LogP contribution in [0.1, 0.15) is 0 Å². The number of rotatable bonds is 5. The van der Waals surface area contributed by atoms with Gasteiger partial charge in [0.2, 0.25) is 0 Å². The molecular formula is C9H12N2O5. The Morgan fingerprint density at radius 3 is 2.50 bits per heavy atom. The first kappa shape index (κ1) is 12.0. The lowest BCUT2D eigenvalue weighted by atomic mass is 10.2. The smallest absolute Gasteiger partial charge is 0.404 e. The molecule has 88 valence electrons. The molecule has 0 bridgehead atoms. The molecule has 0 saturated carbocycles. The molecule has 7 nitrogen and oxygen atoms in total. The number of hydrogen-bond donors (Lipinski definition) is 1. The molecular weight excluding hydrogens is 216 g/mol. The van der Waals surface area contributed by atoms with Crippen molar-refractivity contribution in [3.05, 3.63) is 20.4 Å². The quantitative estimate of drug-likeness (QED) is 0.637. The number of ether oxygens (including phenoxy) is 2. The van der Waals surface area contributed by atoms with Crippen molar-refractivity contribution in [1.82, 2.24) is 0 Å². The molecule has 0 aliphatic heterocycles. The van der Waals surface area contributed by atoms with Crippen LogP contribution in [0.5, 0.6) is 5.75 Å². The molecule has 0 unspecified atom stereocenters. The lowest BCUT2D eigenvalue weighted by Crippen LogP contribution is -2.40. The summed E-state index contributed by atoms with van der Waals surface area (Å²) >= 11 is 0. The molecule has 0 heterocycles. The topological polar surface area (TPSA) is 98.9 Å². The van der Waals surface area contributed by atoms with Crippen LogP contribution in [0.2, 0.25) is 0 Å². The van der Waals surface area contributed by atoms with Crippen molar-refractivity contribution >= 4 is 11.8 Å². The van der Waals surface area contributed by atoms with Crippen molar-refractivity contribution in [3.8, 4) is 5.75 Å². The Labute approximate surface area is 91.0 Å². The van der Waals surface area contributed by atoms with Crippen molar-refractivity contribution in [2.75, 3.05) is 32.2 Å². The second kappa shape index (κ2) is 4.65. The zero-order chi connectivity index (χ0) is 12.3. The van der Waals surface area contributed by atoms with Crippen LogP contribution in [0.3, 0.4) is 0 Å². The zero-order valence-corrected chi connectivity index (χ0v) is 8.98. The summed E-state index contributed by atoms with van der Waals surface area (Å²) in [5.74, 6) is 0.0339. The average Bonchev–Trinajstić information content (AvgIpc) is 2.23. The van der Waals surface area contributed by atoms with E-state index in [1.165, 1.54) is 12.0 Å². The van der Waals surface area contributed by atoms with Crippen molar-refractivity contribution in [1.29, 1.82) is 0 Å². The number of likely N-dealkylation sites (N-methyl/N-ethyl adjacent to an activating group) is 1. The standard InChI is InChI=1S/C9H12N2O5/c1-11(3-4-16-9(10)14)5-6(12)7(13)8(5)15-2/h3-4H2,1-2H3,(H2,10,14). The molecule has 0 saturated heterocycles. The number of nitrogens with two attached hydrogens (primary N) is 1. The number of methoxy groups -OCH3 is 1. The predicted molar refractivity (Wildman–Crippen MR) is 56.7 cm³/mol. The van der Waals surface area contributed by atoms with E-state index in [2.05, 4.69) is 4.74 Å². The van der Waals surface area contributed by atoms with Crippen LogP contribution >= 0.6 is 0 Å². The van der Waals surface area contributed by atoms with Crippen LogP contribution in [0.25, 0.3) is 0 Å². The highest BCUT2D eigenvalue weighted by molar-refractivity contribution is 5.65. The molecule has 1 rings (SSSR count). The maximum Gasteiger partial charge on any atom is 0.404 e. The Balaban J connectivity index is 2.63. The Morgan fingerprint density at radius 2 is 2.00 bits per heavy atom. The summed E-state index contributed by atoms with van der Waals surface area (Å²) in [4.78, 5) is 34.0. The third-order valence-electron chi connectivity index (χ3n) is 2.10. The van der Waals surface area contributed by atoms with Gasteiger partial charge in [-0.1, -0.05) is 0 Å². The maximum absolute atomic E-state index is 11.2. The fourth-order valence-electron chi connectivity index (χ4n) is 1.29. The number of carbonyl (C=O) groups excluding carboxylic acids is 1. The fraction of sp³-hybridized carbons (Fsp3) is 0.444. The van der Waals surface area contributed by atoms with Gasteiger partial charge in [0.1, 0.15) is 12.3 Å². The molecule has 16 heavy (non-hydrogen) atoms. The summed E-state index contributed by atoms with van der Waals surface area (Å²) in [5.41, 5.74) is 3.72. The fourth-order valence-corrected chi connectivity index (χ4v) is 1.29. The van der Waals surface area contributed by atoms with E-state index in [4.69, 9.17) is 10.5 Å². The Kier molecular flexibility index (Phi) is 3.49. The monoisotopic (exact) mass is 228 g/mol. The van der Waals surface area contributed by atoms with E-state index in [1.54, 1.807) is 7.05 Å². The van der Waals surface area contributed by atoms with Crippen molar-refractivity contribution < 1.29 is 14.3 Å². The predicted octanol–water partition coefficient (Wildman–Crippen LogP) is -1.18. The first-order valence-corrected chi connectivity index (χ1v) is 4.49. The van der Waals surface area contributed by atoms with Gasteiger partial charge in [-0.25, -0.2) is 4.79 Å². The van der Waals surface area contributed by atoms with E-state index in [9.17, 15) is 14.4 Å². The first-order chi connectivity index (χ1) is 7.49. The molecule has 0 atom stereocenters. The lowest BCUT2D eigenvalue weighted by Gasteiger charge is -2.21. The summed E-state index contributed by atoms with van der Waals surface area (Å²) in [6.45, 7) is 0.290. The first-order valence-electron chi connectivity index (χ1n) is 4.49. The maximum atomic E-state index is 11.2. The van der Waals surface area contributed by atoms with Gasteiger partial charge >= 0.3 is 6.09 Å². The molecule has 1 aromatic rings. The lowest BCUT2D eigenvalue weighted by molar-refractivity contribution is 0.160. The highest BCUT2D eigenvalue weighted by Crippen LogP contribution is 2.20. The van der Waals surface area contributed by atoms with Crippen LogP contribution in [0.15, 0.2) is 9.59 Å². The number of carbonyl (C=O) groups is 1. The third-order valence-corrected chi connectivity index (χ3v) is 2.10. The van der Waals surface area contributed by atoms with Gasteiger partial charge in [-0.3, -0.25) is 9.59 Å². The van der Waals surface area contributed by atoms with Crippen LogP contribution < -0.4 is 26.2 Å². The van der Waals surface area contributed by atoms with E-state index in [1.807, 2.05) is 0 Å². The Morgan fingerprint density at radius 1 is 1.38 bits per heavy atom. The van der Waals surface area contributed by atoms with Crippen LogP contribution in [0.4, 0.5) is 10.5 Å². The van der Waals surface area contributed by atoms with Crippen LogP contribution in [-0.2, 0) is 4.74 Å². The summed E-state index contributed by atoms with van der Waals surface area (Å²) in [7, 11) is 2.90. The molecule has 0 aromatic heterocycles.